The van der Waals surface area contributed by atoms with Gasteiger partial charge >= 0.3 is 0 Å². The number of hydrogen-bond donors (Lipinski definition) is 1. The van der Waals surface area contributed by atoms with Crippen LogP contribution >= 0.6 is 0 Å². The van der Waals surface area contributed by atoms with Crippen LogP contribution in [0.1, 0.15) is 19.8 Å². The molecular formula is C9H21NO4S. The van der Waals surface area contributed by atoms with Crippen LogP contribution in [0.4, 0.5) is 0 Å². The molecule has 1 atom stereocenters. The van der Waals surface area contributed by atoms with Crippen molar-refractivity contribution in [2.24, 2.45) is 11.1 Å². The maximum Gasteiger partial charge on any atom is 0.209 e. The third-order valence-corrected chi connectivity index (χ3v) is 2.89. The Bertz CT molecular complexity index is 240. The number of hydrogen-bond acceptors (Lipinski definition) is 4. The van der Waals surface area contributed by atoms with Crippen LogP contribution in [0, 0.1) is 5.92 Å². The Labute approximate surface area is 92.0 Å². The monoisotopic (exact) mass is 239 g/mol. The molecule has 1 unspecified atom stereocenters. The summed E-state index contributed by atoms with van der Waals surface area (Å²) < 4.78 is 31.5. The van der Waals surface area contributed by atoms with Crippen LogP contribution in [-0.2, 0) is 19.5 Å². The highest BCUT2D eigenvalue weighted by Crippen LogP contribution is 2.08. The Morgan fingerprint density at radius 3 is 2.40 bits per heavy atom. The Morgan fingerprint density at radius 2 is 1.87 bits per heavy atom. The fourth-order valence-corrected chi connectivity index (χ4v) is 1.77. The average molecular weight is 239 g/mol. The number of methoxy groups -OCH3 is 1. The normalized spacial score (nSPS) is 14.1. The predicted octanol–water partition coefficient (Wildman–Crippen LogP) is 0.354. The molecule has 0 aromatic carbocycles. The zero-order chi connectivity index (χ0) is 11.7. The predicted molar refractivity (Wildman–Crippen MR) is 59.1 cm³/mol. The van der Waals surface area contributed by atoms with Crippen molar-refractivity contribution in [3.05, 3.63) is 0 Å². The van der Waals surface area contributed by atoms with Crippen molar-refractivity contribution in [2.75, 3.05) is 32.7 Å². The first-order valence-electron chi connectivity index (χ1n) is 5.03. The Morgan fingerprint density at radius 1 is 1.20 bits per heavy atom. The van der Waals surface area contributed by atoms with E-state index in [1.54, 1.807) is 7.11 Å². The molecule has 0 heterocycles. The van der Waals surface area contributed by atoms with Gasteiger partial charge in [-0.05, 0) is 18.8 Å². The number of sulfonamides is 1. The summed E-state index contributed by atoms with van der Waals surface area (Å²) in [7, 11) is -1.70. The first kappa shape index (κ1) is 14.8. The molecule has 92 valence electrons. The van der Waals surface area contributed by atoms with Gasteiger partial charge in [0.15, 0.2) is 0 Å². The summed E-state index contributed by atoms with van der Waals surface area (Å²) in [6.45, 7) is 3.80. The summed E-state index contributed by atoms with van der Waals surface area (Å²) in [6.07, 6.45) is 1.44. The van der Waals surface area contributed by atoms with E-state index in [2.05, 4.69) is 0 Å². The van der Waals surface area contributed by atoms with E-state index in [-0.39, 0.29) is 5.75 Å². The molecule has 0 spiro atoms. The lowest BCUT2D eigenvalue weighted by atomic mass is 10.1. The Kier molecular flexibility index (Phi) is 7.95. The van der Waals surface area contributed by atoms with E-state index >= 15 is 0 Å². The molecule has 0 bridgehead atoms. The van der Waals surface area contributed by atoms with Gasteiger partial charge in [-0.1, -0.05) is 6.92 Å². The van der Waals surface area contributed by atoms with Gasteiger partial charge in [0.2, 0.25) is 10.0 Å². The largest absolute Gasteiger partial charge is 0.382 e. The van der Waals surface area contributed by atoms with Crippen molar-refractivity contribution >= 4 is 10.0 Å². The molecule has 0 amide bonds. The lowest BCUT2D eigenvalue weighted by Gasteiger charge is -2.10. The zero-order valence-electron chi connectivity index (χ0n) is 9.44. The van der Waals surface area contributed by atoms with Crippen LogP contribution in [0.5, 0.6) is 0 Å². The number of rotatable bonds is 9. The molecule has 2 N–H and O–H groups in total. The third kappa shape index (κ3) is 11.8. The molecule has 0 aromatic rings. The summed E-state index contributed by atoms with van der Waals surface area (Å²) in [5.41, 5.74) is 0. The van der Waals surface area contributed by atoms with Gasteiger partial charge in [0, 0.05) is 13.7 Å². The molecular weight excluding hydrogens is 218 g/mol. The van der Waals surface area contributed by atoms with E-state index in [9.17, 15) is 8.42 Å². The van der Waals surface area contributed by atoms with Gasteiger partial charge in [-0.25, -0.2) is 13.6 Å². The molecule has 0 saturated carbocycles. The van der Waals surface area contributed by atoms with Crippen molar-refractivity contribution in [3.8, 4) is 0 Å². The second kappa shape index (κ2) is 8.04. The fourth-order valence-electron chi connectivity index (χ4n) is 1.04. The van der Waals surface area contributed by atoms with Crippen LogP contribution in [0.2, 0.25) is 0 Å². The second-order valence-electron chi connectivity index (χ2n) is 3.65. The molecule has 0 aromatic heterocycles. The summed E-state index contributed by atoms with van der Waals surface area (Å²) in [5.74, 6) is 0.359. The maximum absolute atomic E-state index is 10.7. The third-order valence-electron chi connectivity index (χ3n) is 2.08. The van der Waals surface area contributed by atoms with Crippen LogP contribution in [0.15, 0.2) is 0 Å². The molecule has 0 fully saturated rings. The molecule has 0 rings (SSSR count). The van der Waals surface area contributed by atoms with E-state index in [1.807, 2.05) is 6.92 Å². The van der Waals surface area contributed by atoms with Crippen molar-refractivity contribution in [2.45, 2.75) is 19.8 Å². The highest BCUT2D eigenvalue weighted by atomic mass is 32.2. The van der Waals surface area contributed by atoms with E-state index < -0.39 is 10.0 Å². The minimum atomic E-state index is -3.32. The molecule has 0 aliphatic carbocycles. The number of ether oxygens (including phenoxy) is 2. The van der Waals surface area contributed by atoms with Gasteiger partial charge < -0.3 is 9.47 Å². The van der Waals surface area contributed by atoms with Gasteiger partial charge in [0.25, 0.3) is 0 Å². The molecule has 6 heteroatoms. The van der Waals surface area contributed by atoms with Crippen molar-refractivity contribution in [1.82, 2.24) is 0 Å². The summed E-state index contributed by atoms with van der Waals surface area (Å²) in [4.78, 5) is 0. The Hall–Kier alpha value is -0.170. The second-order valence-corrected chi connectivity index (χ2v) is 5.39. The van der Waals surface area contributed by atoms with Crippen LogP contribution < -0.4 is 5.14 Å². The molecule has 0 saturated heterocycles. The van der Waals surface area contributed by atoms with Gasteiger partial charge in [0.1, 0.15) is 0 Å². The first-order chi connectivity index (χ1) is 6.95. The molecule has 0 aliphatic rings. The number of nitrogens with two attached hydrogens (primary N) is 1. The van der Waals surface area contributed by atoms with Gasteiger partial charge in [-0.2, -0.15) is 0 Å². The van der Waals surface area contributed by atoms with Crippen LogP contribution in [-0.4, -0.2) is 41.1 Å². The Balaban J connectivity index is 3.37. The van der Waals surface area contributed by atoms with Crippen molar-refractivity contribution < 1.29 is 17.9 Å². The standard InChI is InChI=1S/C9H21NO4S/c1-9(4-8-15(10,11)12)3-5-14-7-6-13-2/h9H,3-8H2,1-2H3,(H2,10,11,12). The quantitative estimate of drug-likeness (QED) is 0.589. The van der Waals surface area contributed by atoms with Crippen LogP contribution in [0.3, 0.4) is 0 Å². The summed E-state index contributed by atoms with van der Waals surface area (Å²) in [6, 6.07) is 0. The highest BCUT2D eigenvalue weighted by molar-refractivity contribution is 7.89. The van der Waals surface area contributed by atoms with Gasteiger partial charge in [0.05, 0.1) is 19.0 Å². The van der Waals surface area contributed by atoms with Crippen molar-refractivity contribution in [1.29, 1.82) is 0 Å². The van der Waals surface area contributed by atoms with E-state index in [0.29, 0.717) is 32.2 Å². The lowest BCUT2D eigenvalue weighted by Crippen LogP contribution is -2.18. The highest BCUT2D eigenvalue weighted by Gasteiger charge is 2.07. The molecule has 5 nitrogen and oxygen atoms in total. The topological polar surface area (TPSA) is 78.6 Å². The fraction of sp³-hybridized carbons (Fsp3) is 1.00. The van der Waals surface area contributed by atoms with E-state index in [0.717, 1.165) is 6.42 Å². The lowest BCUT2D eigenvalue weighted by molar-refractivity contribution is 0.0644. The minimum Gasteiger partial charge on any atom is -0.382 e. The average Bonchev–Trinajstić information content (AvgIpc) is 2.13. The SMILES string of the molecule is COCCOCCC(C)CCS(N)(=O)=O. The van der Waals surface area contributed by atoms with Crippen molar-refractivity contribution in [3.63, 3.8) is 0 Å². The molecule has 0 radical (unpaired) electrons. The minimum absolute atomic E-state index is 0.0479. The summed E-state index contributed by atoms with van der Waals surface area (Å²) in [5, 5.41) is 4.90. The van der Waals surface area contributed by atoms with Gasteiger partial charge in [-0.3, -0.25) is 0 Å². The van der Waals surface area contributed by atoms with Crippen LogP contribution in [0.25, 0.3) is 0 Å². The van der Waals surface area contributed by atoms with E-state index in [4.69, 9.17) is 14.6 Å². The first-order valence-corrected chi connectivity index (χ1v) is 6.74. The van der Waals surface area contributed by atoms with Gasteiger partial charge in [-0.15, -0.1) is 0 Å². The molecule has 0 aliphatic heterocycles. The summed E-state index contributed by atoms with van der Waals surface area (Å²) >= 11 is 0. The smallest absolute Gasteiger partial charge is 0.209 e. The molecule has 15 heavy (non-hydrogen) atoms. The maximum atomic E-state index is 10.7. The van der Waals surface area contributed by atoms with E-state index in [1.165, 1.54) is 0 Å². The number of primary sulfonamides is 1. The zero-order valence-corrected chi connectivity index (χ0v) is 10.3.